The van der Waals surface area contributed by atoms with Crippen molar-refractivity contribution < 1.29 is 4.74 Å². The molecule has 0 bridgehead atoms. The van der Waals surface area contributed by atoms with Gasteiger partial charge in [0.05, 0.1) is 17.2 Å². The lowest BCUT2D eigenvalue weighted by Crippen LogP contribution is -2.22. The summed E-state index contributed by atoms with van der Waals surface area (Å²) < 4.78 is 7.55. The molecule has 6 heteroatoms. The molecule has 0 unspecified atom stereocenters. The van der Waals surface area contributed by atoms with E-state index in [0.29, 0.717) is 0 Å². The van der Waals surface area contributed by atoms with Gasteiger partial charge in [0.15, 0.2) is 5.16 Å². The predicted octanol–water partition coefficient (Wildman–Crippen LogP) is 4.21. The minimum Gasteiger partial charge on any atom is -0.377 e. The third-order valence-electron chi connectivity index (χ3n) is 5.14. The lowest BCUT2D eigenvalue weighted by atomic mass is 10.2. The summed E-state index contributed by atoms with van der Waals surface area (Å²) >= 11 is 3.35. The van der Waals surface area contributed by atoms with Crippen molar-refractivity contribution in [3.05, 3.63) is 51.1 Å². The number of ether oxygens (including phenoxy) is 1. The van der Waals surface area contributed by atoms with Gasteiger partial charge in [-0.25, -0.2) is 4.98 Å². The molecule has 0 amide bonds. The number of para-hydroxylation sites is 1. The first-order valence-electron chi connectivity index (χ1n) is 9.18. The fraction of sp³-hybridized carbons (Fsp3) is 0.400. The molecule has 1 saturated heterocycles. The van der Waals surface area contributed by atoms with Crippen LogP contribution in [0.4, 0.5) is 0 Å². The van der Waals surface area contributed by atoms with Gasteiger partial charge in [0.2, 0.25) is 0 Å². The van der Waals surface area contributed by atoms with Crippen molar-refractivity contribution in [2.75, 3.05) is 12.4 Å². The monoisotopic (exact) mass is 384 g/mol. The molecule has 0 spiro atoms. The molecular formula is C20H20N2O2S2. The Labute approximate surface area is 160 Å². The molecule has 1 aliphatic heterocycles. The summed E-state index contributed by atoms with van der Waals surface area (Å²) in [6, 6.07) is 9.88. The second-order valence-electron chi connectivity index (χ2n) is 6.85. The van der Waals surface area contributed by atoms with E-state index < -0.39 is 0 Å². The topological polar surface area (TPSA) is 44.1 Å². The van der Waals surface area contributed by atoms with Crippen molar-refractivity contribution in [2.24, 2.45) is 0 Å². The standard InChI is InChI=1S/C20H20N2O2S2/c23-19-17-15-9-4-10-16(15)26-18(17)21-20(25-12-14-8-5-11-24-14)22(19)13-6-2-1-3-7-13/h1-3,6-7,14H,4-5,8-12H2/t14-/m1/s1. The van der Waals surface area contributed by atoms with Crippen LogP contribution >= 0.6 is 23.1 Å². The van der Waals surface area contributed by atoms with E-state index in [9.17, 15) is 4.79 Å². The van der Waals surface area contributed by atoms with Crippen LogP contribution in [-0.2, 0) is 17.6 Å². The van der Waals surface area contributed by atoms with Gasteiger partial charge >= 0.3 is 0 Å². The zero-order valence-corrected chi connectivity index (χ0v) is 16.1. The summed E-state index contributed by atoms with van der Waals surface area (Å²) in [5, 5.41) is 1.62. The van der Waals surface area contributed by atoms with Crippen molar-refractivity contribution in [1.29, 1.82) is 0 Å². The molecule has 0 radical (unpaired) electrons. The molecule has 134 valence electrons. The molecule has 0 saturated carbocycles. The molecular weight excluding hydrogens is 364 g/mol. The van der Waals surface area contributed by atoms with Crippen molar-refractivity contribution in [1.82, 2.24) is 9.55 Å². The van der Waals surface area contributed by atoms with E-state index in [1.807, 2.05) is 30.3 Å². The van der Waals surface area contributed by atoms with Crippen LogP contribution in [0.3, 0.4) is 0 Å². The molecule has 2 aromatic heterocycles. The number of hydrogen-bond donors (Lipinski definition) is 0. The Kier molecular flexibility index (Phi) is 4.35. The maximum absolute atomic E-state index is 13.5. The van der Waals surface area contributed by atoms with Crippen LogP contribution < -0.4 is 5.56 Å². The number of thiophene rings is 1. The molecule has 3 heterocycles. The van der Waals surface area contributed by atoms with Crippen LogP contribution in [0, 0.1) is 0 Å². The van der Waals surface area contributed by atoms with E-state index in [1.54, 1.807) is 27.7 Å². The summed E-state index contributed by atoms with van der Waals surface area (Å²) in [5.74, 6) is 0.843. The highest BCUT2D eigenvalue weighted by Crippen LogP contribution is 2.36. The zero-order chi connectivity index (χ0) is 17.5. The minimum absolute atomic E-state index is 0.0791. The number of nitrogens with zero attached hydrogens (tertiary/aromatic N) is 2. The number of fused-ring (bicyclic) bond motifs is 3. The third-order valence-corrected chi connectivity index (χ3v) is 7.40. The van der Waals surface area contributed by atoms with Crippen LogP contribution in [0.5, 0.6) is 0 Å². The Morgan fingerprint density at radius 2 is 2.12 bits per heavy atom. The molecule has 2 aliphatic rings. The maximum atomic E-state index is 13.5. The van der Waals surface area contributed by atoms with Gasteiger partial charge in [0.1, 0.15) is 4.83 Å². The van der Waals surface area contributed by atoms with Gasteiger partial charge in [-0.05, 0) is 49.8 Å². The normalized spacial score (nSPS) is 19.3. The number of aryl methyl sites for hydroxylation is 2. The molecule has 5 rings (SSSR count). The molecule has 1 aliphatic carbocycles. The summed E-state index contributed by atoms with van der Waals surface area (Å²) in [6.07, 6.45) is 5.73. The lowest BCUT2D eigenvalue weighted by molar-refractivity contribution is 0.129. The lowest BCUT2D eigenvalue weighted by Gasteiger charge is -2.14. The van der Waals surface area contributed by atoms with Crippen LogP contribution in [-0.4, -0.2) is 28.0 Å². The highest BCUT2D eigenvalue weighted by atomic mass is 32.2. The smallest absolute Gasteiger partial charge is 0.267 e. The summed E-state index contributed by atoms with van der Waals surface area (Å²) in [7, 11) is 0. The average Bonchev–Trinajstić information content (AvgIpc) is 3.37. The molecule has 0 N–H and O–H groups in total. The fourth-order valence-corrected chi connectivity index (χ4v) is 6.25. The van der Waals surface area contributed by atoms with E-state index in [-0.39, 0.29) is 11.7 Å². The first-order chi connectivity index (χ1) is 12.8. The number of hydrogen-bond acceptors (Lipinski definition) is 5. The van der Waals surface area contributed by atoms with Crippen LogP contribution in [0.15, 0.2) is 40.3 Å². The van der Waals surface area contributed by atoms with Crippen molar-refractivity contribution in [3.8, 4) is 5.69 Å². The third kappa shape index (κ3) is 2.80. The van der Waals surface area contributed by atoms with Crippen molar-refractivity contribution >= 4 is 33.3 Å². The number of thioether (sulfide) groups is 1. The predicted molar refractivity (Wildman–Crippen MR) is 107 cm³/mol. The second-order valence-corrected chi connectivity index (χ2v) is 8.92. The van der Waals surface area contributed by atoms with Gasteiger partial charge in [-0.15, -0.1) is 11.3 Å². The Morgan fingerprint density at radius 1 is 1.23 bits per heavy atom. The van der Waals surface area contributed by atoms with Gasteiger partial charge in [0.25, 0.3) is 5.56 Å². The van der Waals surface area contributed by atoms with Gasteiger partial charge in [-0.2, -0.15) is 0 Å². The van der Waals surface area contributed by atoms with Crippen molar-refractivity contribution in [3.63, 3.8) is 0 Å². The van der Waals surface area contributed by atoms with E-state index in [4.69, 9.17) is 9.72 Å². The number of aromatic nitrogens is 2. The number of rotatable bonds is 4. The Balaban J connectivity index is 1.65. The molecule has 1 fully saturated rings. The van der Waals surface area contributed by atoms with Crippen LogP contribution in [0.1, 0.15) is 29.7 Å². The van der Waals surface area contributed by atoms with E-state index in [0.717, 1.165) is 65.5 Å². The summed E-state index contributed by atoms with van der Waals surface area (Å²) in [6.45, 7) is 0.848. The molecule has 3 aromatic rings. The van der Waals surface area contributed by atoms with E-state index in [2.05, 4.69) is 0 Å². The SMILES string of the molecule is O=c1c2c3c(sc2nc(SC[C@H]2CCCO2)n1-c1ccccc1)CCC3. The largest absolute Gasteiger partial charge is 0.377 e. The molecule has 26 heavy (non-hydrogen) atoms. The van der Waals surface area contributed by atoms with Gasteiger partial charge < -0.3 is 4.74 Å². The number of benzene rings is 1. The van der Waals surface area contributed by atoms with E-state index in [1.165, 1.54) is 10.4 Å². The molecule has 1 atom stereocenters. The van der Waals surface area contributed by atoms with Gasteiger partial charge in [0, 0.05) is 17.2 Å². The van der Waals surface area contributed by atoms with Crippen LogP contribution in [0.25, 0.3) is 15.9 Å². The van der Waals surface area contributed by atoms with Gasteiger partial charge in [-0.3, -0.25) is 9.36 Å². The van der Waals surface area contributed by atoms with E-state index >= 15 is 0 Å². The summed E-state index contributed by atoms with van der Waals surface area (Å²) in [5.41, 5.74) is 2.21. The quantitative estimate of drug-likeness (QED) is 0.499. The highest BCUT2D eigenvalue weighted by molar-refractivity contribution is 7.99. The van der Waals surface area contributed by atoms with Gasteiger partial charge in [-0.1, -0.05) is 30.0 Å². The highest BCUT2D eigenvalue weighted by Gasteiger charge is 2.24. The minimum atomic E-state index is 0.0791. The van der Waals surface area contributed by atoms with Crippen molar-refractivity contribution in [2.45, 2.75) is 43.4 Å². The Bertz CT molecular complexity index is 1000. The van der Waals surface area contributed by atoms with Crippen LogP contribution in [0.2, 0.25) is 0 Å². The first kappa shape index (κ1) is 16.5. The average molecular weight is 385 g/mol. The molecule has 1 aromatic carbocycles. The fourth-order valence-electron chi connectivity index (χ4n) is 3.87. The second kappa shape index (κ2) is 6.83. The molecule has 4 nitrogen and oxygen atoms in total. The summed E-state index contributed by atoms with van der Waals surface area (Å²) in [4.78, 5) is 20.6. The first-order valence-corrected chi connectivity index (χ1v) is 11.0. The Hall–Kier alpha value is -1.63. The maximum Gasteiger partial charge on any atom is 0.267 e. The Morgan fingerprint density at radius 3 is 2.92 bits per heavy atom. The zero-order valence-electron chi connectivity index (χ0n) is 14.4.